The molecule has 0 aliphatic rings. The predicted molar refractivity (Wildman–Crippen MR) is 90.2 cm³/mol. The van der Waals surface area contributed by atoms with Crippen molar-refractivity contribution in [2.24, 2.45) is 0 Å². The second-order valence-corrected chi connectivity index (χ2v) is 6.06. The standard InChI is InChI=1S/C16H21BrN4/c1-4-18-15-9-12(2)19-16(20-15)11-21(3)10-13-5-7-14(17)8-6-13/h5-9H,4,10-11H2,1-3H3,(H,18,19,20). The third-order valence-corrected chi connectivity index (χ3v) is 3.56. The lowest BCUT2D eigenvalue weighted by Gasteiger charge is -2.16. The number of benzene rings is 1. The topological polar surface area (TPSA) is 41.1 Å². The van der Waals surface area contributed by atoms with Crippen LogP contribution in [0.2, 0.25) is 0 Å². The van der Waals surface area contributed by atoms with Crippen LogP contribution in [-0.4, -0.2) is 28.5 Å². The Hall–Kier alpha value is -1.46. The molecule has 0 bridgehead atoms. The Labute approximate surface area is 134 Å². The molecule has 4 nitrogen and oxygen atoms in total. The molecule has 0 saturated carbocycles. The molecule has 0 spiro atoms. The van der Waals surface area contributed by atoms with E-state index in [0.29, 0.717) is 0 Å². The van der Waals surface area contributed by atoms with Crippen LogP contribution in [0, 0.1) is 6.92 Å². The van der Waals surface area contributed by atoms with Crippen LogP contribution in [0.15, 0.2) is 34.8 Å². The lowest BCUT2D eigenvalue weighted by Crippen LogP contribution is -2.19. The van der Waals surface area contributed by atoms with E-state index in [9.17, 15) is 0 Å². The van der Waals surface area contributed by atoms with E-state index in [1.54, 1.807) is 0 Å². The Morgan fingerprint density at radius 3 is 2.52 bits per heavy atom. The van der Waals surface area contributed by atoms with E-state index < -0.39 is 0 Å². The number of nitrogens with zero attached hydrogens (tertiary/aromatic N) is 3. The first-order valence-corrected chi connectivity index (χ1v) is 7.87. The zero-order valence-corrected chi connectivity index (χ0v) is 14.3. The van der Waals surface area contributed by atoms with Crippen molar-refractivity contribution in [2.45, 2.75) is 26.9 Å². The second kappa shape index (κ2) is 7.52. The first kappa shape index (κ1) is 15.9. The summed E-state index contributed by atoms with van der Waals surface area (Å²) in [6.45, 7) is 6.54. The van der Waals surface area contributed by atoms with E-state index in [-0.39, 0.29) is 0 Å². The molecule has 0 radical (unpaired) electrons. The molecule has 2 aromatic rings. The van der Waals surface area contributed by atoms with Gasteiger partial charge in [-0.3, -0.25) is 4.90 Å². The summed E-state index contributed by atoms with van der Waals surface area (Å²) >= 11 is 3.46. The normalized spacial score (nSPS) is 10.9. The first-order chi connectivity index (χ1) is 10.1. The molecular formula is C16H21BrN4. The summed E-state index contributed by atoms with van der Waals surface area (Å²) < 4.78 is 1.10. The van der Waals surface area contributed by atoms with Crippen LogP contribution < -0.4 is 5.32 Å². The van der Waals surface area contributed by atoms with Crippen LogP contribution >= 0.6 is 15.9 Å². The van der Waals surface area contributed by atoms with Gasteiger partial charge in [0.05, 0.1) is 6.54 Å². The summed E-state index contributed by atoms with van der Waals surface area (Å²) in [5.41, 5.74) is 2.27. The lowest BCUT2D eigenvalue weighted by atomic mass is 10.2. The van der Waals surface area contributed by atoms with Gasteiger partial charge >= 0.3 is 0 Å². The van der Waals surface area contributed by atoms with Crippen molar-refractivity contribution >= 4 is 21.7 Å². The fourth-order valence-electron chi connectivity index (χ4n) is 2.17. The summed E-state index contributed by atoms with van der Waals surface area (Å²) in [5, 5.41) is 3.24. The van der Waals surface area contributed by atoms with Gasteiger partial charge in [-0.1, -0.05) is 28.1 Å². The van der Waals surface area contributed by atoms with Gasteiger partial charge in [-0.05, 0) is 38.6 Å². The van der Waals surface area contributed by atoms with Gasteiger partial charge in [0.15, 0.2) is 0 Å². The molecular weight excluding hydrogens is 328 g/mol. The van der Waals surface area contributed by atoms with Crippen molar-refractivity contribution < 1.29 is 0 Å². The van der Waals surface area contributed by atoms with E-state index in [1.165, 1.54) is 5.56 Å². The SMILES string of the molecule is CCNc1cc(C)nc(CN(C)Cc2ccc(Br)cc2)n1. The molecule has 0 unspecified atom stereocenters. The van der Waals surface area contributed by atoms with Crippen LogP contribution in [0.25, 0.3) is 0 Å². The summed E-state index contributed by atoms with van der Waals surface area (Å²) in [6, 6.07) is 10.4. The maximum absolute atomic E-state index is 4.55. The largest absolute Gasteiger partial charge is 0.370 e. The summed E-state index contributed by atoms with van der Waals surface area (Å²) in [4.78, 5) is 11.3. The summed E-state index contributed by atoms with van der Waals surface area (Å²) in [5.74, 6) is 1.75. The minimum absolute atomic E-state index is 0.732. The van der Waals surface area contributed by atoms with Gasteiger partial charge in [0.1, 0.15) is 11.6 Å². The van der Waals surface area contributed by atoms with Gasteiger partial charge in [-0.2, -0.15) is 0 Å². The molecule has 5 heteroatoms. The Morgan fingerprint density at radius 2 is 1.86 bits per heavy atom. The molecule has 21 heavy (non-hydrogen) atoms. The molecule has 0 aliphatic heterocycles. The van der Waals surface area contributed by atoms with E-state index in [0.717, 1.165) is 41.4 Å². The predicted octanol–water partition coefficient (Wildman–Crippen LogP) is 3.61. The highest BCUT2D eigenvalue weighted by molar-refractivity contribution is 9.10. The van der Waals surface area contributed by atoms with Crippen LogP contribution in [0.4, 0.5) is 5.82 Å². The molecule has 0 aliphatic carbocycles. The smallest absolute Gasteiger partial charge is 0.144 e. The lowest BCUT2D eigenvalue weighted by molar-refractivity contribution is 0.310. The number of aryl methyl sites for hydroxylation is 1. The van der Waals surface area contributed by atoms with Crippen molar-refractivity contribution in [3.63, 3.8) is 0 Å². The Balaban J connectivity index is 2.01. The number of halogens is 1. The fraction of sp³-hybridized carbons (Fsp3) is 0.375. The number of hydrogen-bond donors (Lipinski definition) is 1. The Morgan fingerprint density at radius 1 is 1.14 bits per heavy atom. The van der Waals surface area contributed by atoms with Crippen molar-refractivity contribution in [1.82, 2.24) is 14.9 Å². The highest BCUT2D eigenvalue weighted by Gasteiger charge is 2.06. The van der Waals surface area contributed by atoms with E-state index >= 15 is 0 Å². The molecule has 1 aromatic heterocycles. The summed E-state index contributed by atoms with van der Waals surface area (Å²) in [7, 11) is 2.08. The van der Waals surface area contributed by atoms with Crippen LogP contribution in [0.3, 0.4) is 0 Å². The minimum Gasteiger partial charge on any atom is -0.370 e. The highest BCUT2D eigenvalue weighted by atomic mass is 79.9. The van der Waals surface area contributed by atoms with Crippen LogP contribution in [0.5, 0.6) is 0 Å². The van der Waals surface area contributed by atoms with E-state index in [1.807, 2.05) is 13.0 Å². The number of hydrogen-bond acceptors (Lipinski definition) is 4. The molecule has 1 heterocycles. The van der Waals surface area contributed by atoms with Crippen LogP contribution in [0.1, 0.15) is 24.0 Å². The molecule has 2 rings (SSSR count). The third kappa shape index (κ3) is 5.10. The van der Waals surface area contributed by atoms with Gasteiger partial charge in [-0.15, -0.1) is 0 Å². The van der Waals surface area contributed by atoms with Crippen molar-refractivity contribution in [2.75, 3.05) is 18.9 Å². The van der Waals surface area contributed by atoms with Gasteiger partial charge < -0.3 is 5.32 Å². The van der Waals surface area contributed by atoms with Gasteiger partial charge in [0.2, 0.25) is 0 Å². The first-order valence-electron chi connectivity index (χ1n) is 7.08. The van der Waals surface area contributed by atoms with Gasteiger partial charge in [0, 0.05) is 29.3 Å². The average molecular weight is 349 g/mol. The van der Waals surface area contributed by atoms with Gasteiger partial charge in [0.25, 0.3) is 0 Å². The number of nitrogens with one attached hydrogen (secondary N) is 1. The minimum atomic E-state index is 0.732. The number of anilines is 1. The monoisotopic (exact) mass is 348 g/mol. The maximum atomic E-state index is 4.55. The van der Waals surface area contributed by atoms with Crippen molar-refractivity contribution in [3.8, 4) is 0 Å². The number of aromatic nitrogens is 2. The van der Waals surface area contributed by atoms with Gasteiger partial charge in [-0.25, -0.2) is 9.97 Å². The zero-order chi connectivity index (χ0) is 15.2. The molecule has 0 atom stereocenters. The molecule has 0 amide bonds. The summed E-state index contributed by atoms with van der Waals surface area (Å²) in [6.07, 6.45) is 0. The maximum Gasteiger partial charge on any atom is 0.144 e. The van der Waals surface area contributed by atoms with E-state index in [4.69, 9.17) is 0 Å². The molecule has 1 N–H and O–H groups in total. The third-order valence-electron chi connectivity index (χ3n) is 3.04. The fourth-order valence-corrected chi connectivity index (χ4v) is 2.44. The van der Waals surface area contributed by atoms with Crippen molar-refractivity contribution in [1.29, 1.82) is 0 Å². The second-order valence-electron chi connectivity index (χ2n) is 5.14. The van der Waals surface area contributed by atoms with Crippen molar-refractivity contribution in [3.05, 3.63) is 51.9 Å². The molecule has 1 aromatic carbocycles. The zero-order valence-electron chi connectivity index (χ0n) is 12.7. The molecule has 0 fully saturated rings. The average Bonchev–Trinajstić information content (AvgIpc) is 2.41. The number of rotatable bonds is 6. The van der Waals surface area contributed by atoms with E-state index in [2.05, 4.69) is 74.4 Å². The molecule has 112 valence electrons. The van der Waals surface area contributed by atoms with Crippen LogP contribution in [-0.2, 0) is 13.1 Å². The Bertz CT molecular complexity index is 583. The molecule has 0 saturated heterocycles. The Kier molecular flexibility index (Phi) is 5.70. The quantitative estimate of drug-likeness (QED) is 0.865. The highest BCUT2D eigenvalue weighted by Crippen LogP contribution is 2.13.